The Balaban J connectivity index is 1.59. The van der Waals surface area contributed by atoms with Gasteiger partial charge < -0.3 is 9.88 Å². The lowest BCUT2D eigenvalue weighted by atomic mass is 10.1. The number of para-hydroxylation sites is 2. The number of benzene rings is 2. The van der Waals surface area contributed by atoms with Crippen LogP contribution in [0.2, 0.25) is 0 Å². The van der Waals surface area contributed by atoms with Gasteiger partial charge in [-0.1, -0.05) is 41.9 Å². The molecule has 3 amide bonds. The molecule has 1 fully saturated rings. The van der Waals surface area contributed by atoms with Crippen molar-refractivity contribution in [2.75, 3.05) is 6.54 Å². The third-order valence-electron chi connectivity index (χ3n) is 4.60. The molecule has 0 radical (unpaired) electrons. The summed E-state index contributed by atoms with van der Waals surface area (Å²) < 4.78 is 0. The standard InChI is InChI=1S/C20H17ClN4O2/c21-11-13-10-17(18-22-15-8-4-5-9-16(15)23-18)25(12-13)20(27)24-19(26)14-6-2-1-3-7-14/h1-9,11,17H,10,12H2,(H,22,23)(H,24,26,27)/t17-/m0/s1. The zero-order chi connectivity index (χ0) is 18.8. The highest BCUT2D eigenvalue weighted by molar-refractivity contribution is 6.25. The van der Waals surface area contributed by atoms with Crippen molar-refractivity contribution in [3.05, 3.63) is 77.1 Å². The third kappa shape index (κ3) is 3.44. The summed E-state index contributed by atoms with van der Waals surface area (Å²) in [5.41, 5.74) is 4.55. The van der Waals surface area contributed by atoms with Crippen LogP contribution >= 0.6 is 11.6 Å². The van der Waals surface area contributed by atoms with Crippen LogP contribution in [0.4, 0.5) is 4.79 Å². The van der Waals surface area contributed by atoms with E-state index in [1.54, 1.807) is 29.2 Å². The number of nitrogens with zero attached hydrogens (tertiary/aromatic N) is 2. The summed E-state index contributed by atoms with van der Waals surface area (Å²) in [6.07, 6.45) is 0.566. The average molecular weight is 381 g/mol. The van der Waals surface area contributed by atoms with E-state index < -0.39 is 11.9 Å². The monoisotopic (exact) mass is 380 g/mol. The molecule has 2 heterocycles. The van der Waals surface area contributed by atoms with Gasteiger partial charge in [-0.15, -0.1) is 0 Å². The minimum Gasteiger partial charge on any atom is -0.340 e. The second-order valence-electron chi connectivity index (χ2n) is 6.38. The molecule has 27 heavy (non-hydrogen) atoms. The minimum absolute atomic E-state index is 0.314. The molecule has 1 aliphatic heterocycles. The van der Waals surface area contributed by atoms with E-state index in [0.717, 1.165) is 16.6 Å². The maximum Gasteiger partial charge on any atom is 0.325 e. The quantitative estimate of drug-likeness (QED) is 0.705. The van der Waals surface area contributed by atoms with Crippen LogP contribution in [0.3, 0.4) is 0 Å². The first-order chi connectivity index (χ1) is 13.2. The van der Waals surface area contributed by atoms with Crippen LogP contribution in [0, 0.1) is 0 Å². The highest BCUT2D eigenvalue weighted by atomic mass is 35.5. The lowest BCUT2D eigenvalue weighted by Gasteiger charge is -2.22. The Kier molecular flexibility index (Phi) is 4.64. The van der Waals surface area contributed by atoms with Crippen LogP contribution in [0.5, 0.6) is 0 Å². The van der Waals surface area contributed by atoms with Gasteiger partial charge >= 0.3 is 6.03 Å². The van der Waals surface area contributed by atoms with Crippen molar-refractivity contribution >= 4 is 34.6 Å². The fourth-order valence-corrected chi connectivity index (χ4v) is 3.41. The number of imidazole rings is 1. The number of hydrogen-bond acceptors (Lipinski definition) is 3. The molecule has 136 valence electrons. The maximum absolute atomic E-state index is 12.8. The summed E-state index contributed by atoms with van der Waals surface area (Å²) in [7, 11) is 0. The van der Waals surface area contributed by atoms with E-state index >= 15 is 0 Å². The van der Waals surface area contributed by atoms with Crippen molar-refractivity contribution in [1.29, 1.82) is 0 Å². The van der Waals surface area contributed by atoms with Crippen molar-refractivity contribution in [1.82, 2.24) is 20.2 Å². The normalized spacial score (nSPS) is 18.2. The van der Waals surface area contributed by atoms with Gasteiger partial charge in [-0.3, -0.25) is 10.1 Å². The SMILES string of the molecule is O=C(NC(=O)N1CC(=CCl)C[C@H]1c1nc2ccccc2[nH]1)c1ccccc1. The van der Waals surface area contributed by atoms with Crippen LogP contribution in [0.1, 0.15) is 28.6 Å². The van der Waals surface area contributed by atoms with Gasteiger partial charge in [-0.2, -0.15) is 0 Å². The molecule has 7 heteroatoms. The van der Waals surface area contributed by atoms with Crippen molar-refractivity contribution in [3.63, 3.8) is 0 Å². The average Bonchev–Trinajstić information content (AvgIpc) is 3.32. The number of nitrogens with one attached hydrogen (secondary N) is 2. The van der Waals surface area contributed by atoms with Gasteiger partial charge in [-0.05, 0) is 36.3 Å². The summed E-state index contributed by atoms with van der Waals surface area (Å²) >= 11 is 5.89. The Bertz CT molecular complexity index is 996. The molecule has 2 aromatic carbocycles. The van der Waals surface area contributed by atoms with Gasteiger partial charge in [0.25, 0.3) is 5.91 Å². The first-order valence-corrected chi connectivity index (χ1v) is 8.99. The summed E-state index contributed by atoms with van der Waals surface area (Å²) in [6.45, 7) is 0.346. The van der Waals surface area contributed by atoms with Crippen LogP contribution in [-0.2, 0) is 0 Å². The number of likely N-dealkylation sites (tertiary alicyclic amines) is 1. The molecule has 0 unspecified atom stereocenters. The minimum atomic E-state index is -0.470. The fraction of sp³-hybridized carbons (Fsp3) is 0.150. The van der Waals surface area contributed by atoms with Crippen molar-refractivity contribution < 1.29 is 9.59 Å². The van der Waals surface area contributed by atoms with Gasteiger partial charge in [-0.25, -0.2) is 9.78 Å². The van der Waals surface area contributed by atoms with Gasteiger partial charge in [0.1, 0.15) is 5.82 Å². The number of carbonyl (C=O) groups excluding carboxylic acids is 2. The highest BCUT2D eigenvalue weighted by Gasteiger charge is 2.35. The predicted molar refractivity (Wildman–Crippen MR) is 103 cm³/mol. The van der Waals surface area contributed by atoms with Gasteiger partial charge in [0.05, 0.1) is 17.1 Å². The van der Waals surface area contributed by atoms with E-state index in [2.05, 4.69) is 15.3 Å². The second kappa shape index (κ2) is 7.25. The Hall–Kier alpha value is -3.12. The van der Waals surface area contributed by atoms with E-state index in [4.69, 9.17) is 11.6 Å². The number of fused-ring (bicyclic) bond motifs is 1. The number of imide groups is 1. The molecule has 1 atom stereocenters. The molecular weight excluding hydrogens is 364 g/mol. The molecule has 1 aliphatic rings. The van der Waals surface area contributed by atoms with Crippen molar-refractivity contribution in [3.8, 4) is 0 Å². The summed E-state index contributed by atoms with van der Waals surface area (Å²) in [6, 6.07) is 15.5. The molecule has 0 bridgehead atoms. The predicted octanol–water partition coefficient (Wildman–Crippen LogP) is 3.98. The van der Waals surface area contributed by atoms with Crippen LogP contribution in [0.25, 0.3) is 11.0 Å². The van der Waals surface area contributed by atoms with E-state index in [9.17, 15) is 9.59 Å². The van der Waals surface area contributed by atoms with Gasteiger partial charge in [0, 0.05) is 17.6 Å². The number of urea groups is 1. The number of H-pyrrole nitrogens is 1. The molecule has 1 aromatic heterocycles. The number of hydrogen-bond donors (Lipinski definition) is 2. The first kappa shape index (κ1) is 17.3. The van der Waals surface area contributed by atoms with E-state index in [1.807, 2.05) is 30.3 Å². The zero-order valence-corrected chi connectivity index (χ0v) is 15.1. The molecule has 0 spiro atoms. The molecule has 0 aliphatic carbocycles. The second-order valence-corrected chi connectivity index (χ2v) is 6.60. The Morgan fingerprint density at radius 3 is 2.63 bits per heavy atom. The zero-order valence-electron chi connectivity index (χ0n) is 14.4. The third-order valence-corrected chi connectivity index (χ3v) is 4.91. The molecule has 6 nitrogen and oxygen atoms in total. The molecule has 1 saturated heterocycles. The lowest BCUT2D eigenvalue weighted by molar-refractivity contribution is 0.0949. The molecule has 3 aromatic rings. The number of amides is 3. The molecule has 0 saturated carbocycles. The number of aromatic amines is 1. The van der Waals surface area contributed by atoms with Crippen LogP contribution in [-0.4, -0.2) is 33.4 Å². The van der Waals surface area contributed by atoms with Crippen molar-refractivity contribution in [2.45, 2.75) is 12.5 Å². The van der Waals surface area contributed by atoms with E-state index in [1.165, 1.54) is 5.54 Å². The molecule has 2 N–H and O–H groups in total. The van der Waals surface area contributed by atoms with Crippen LogP contribution < -0.4 is 5.32 Å². The highest BCUT2D eigenvalue weighted by Crippen LogP contribution is 2.34. The number of rotatable bonds is 2. The van der Waals surface area contributed by atoms with E-state index in [0.29, 0.717) is 24.4 Å². The molecule has 4 rings (SSSR count). The summed E-state index contributed by atoms with van der Waals surface area (Å²) in [5, 5.41) is 2.45. The number of halogens is 1. The number of carbonyl (C=O) groups is 2. The Morgan fingerprint density at radius 2 is 1.89 bits per heavy atom. The maximum atomic E-state index is 12.8. The summed E-state index contributed by atoms with van der Waals surface area (Å²) in [5.74, 6) is 0.235. The first-order valence-electron chi connectivity index (χ1n) is 8.55. The summed E-state index contributed by atoms with van der Waals surface area (Å²) in [4.78, 5) is 34.5. The largest absolute Gasteiger partial charge is 0.340 e. The fourth-order valence-electron chi connectivity index (χ4n) is 3.25. The topological polar surface area (TPSA) is 78.1 Å². The van der Waals surface area contributed by atoms with E-state index in [-0.39, 0.29) is 6.04 Å². The Morgan fingerprint density at radius 1 is 1.15 bits per heavy atom. The van der Waals surface area contributed by atoms with Gasteiger partial charge in [0.15, 0.2) is 0 Å². The van der Waals surface area contributed by atoms with Gasteiger partial charge in [0.2, 0.25) is 0 Å². The Labute approximate surface area is 160 Å². The van der Waals surface area contributed by atoms with Crippen LogP contribution in [0.15, 0.2) is 65.7 Å². The molecular formula is C20H17ClN4O2. The number of aromatic nitrogens is 2. The lowest BCUT2D eigenvalue weighted by Crippen LogP contribution is -2.42. The smallest absolute Gasteiger partial charge is 0.325 e. The van der Waals surface area contributed by atoms with Crippen molar-refractivity contribution in [2.24, 2.45) is 0 Å².